The summed E-state index contributed by atoms with van der Waals surface area (Å²) in [5.41, 5.74) is 1.44. The number of allylic oxidation sites excluding steroid dienone is 1. The first-order valence-corrected chi connectivity index (χ1v) is 7.28. The number of nitriles is 1. The Hall–Kier alpha value is -3.21. The maximum absolute atomic E-state index is 12.6. The number of carbonyl (C=O) groups excluding carboxylic acids is 1. The number of H-pyrrole nitrogens is 1. The number of para-hydroxylation sites is 1. The predicted molar refractivity (Wildman–Crippen MR) is 83.0 cm³/mol. The normalized spacial score (nSPS) is 14.6. The second-order valence-electron chi connectivity index (χ2n) is 5.09. The minimum Gasteiger partial charge on any atom is -0.360 e. The largest absolute Gasteiger partial charge is 0.360 e. The SMILES string of the molecule is N#CC(=CNc1ccccc1C(=O)N1CCCC1)c1nn[nH]n1. The molecule has 1 aliphatic rings. The van der Waals surface area contributed by atoms with Crippen LogP contribution in [0, 0.1) is 11.3 Å². The number of rotatable bonds is 4. The van der Waals surface area contributed by atoms with Crippen LogP contribution >= 0.6 is 0 Å². The van der Waals surface area contributed by atoms with E-state index in [1.807, 2.05) is 23.1 Å². The molecule has 0 atom stereocenters. The van der Waals surface area contributed by atoms with Gasteiger partial charge in [0.2, 0.25) is 5.82 Å². The van der Waals surface area contributed by atoms with Crippen molar-refractivity contribution in [1.82, 2.24) is 25.5 Å². The molecular weight excluding hydrogens is 294 g/mol. The Morgan fingerprint density at radius 1 is 1.35 bits per heavy atom. The number of amides is 1. The summed E-state index contributed by atoms with van der Waals surface area (Å²) in [6.07, 6.45) is 3.55. The molecular formula is C15H15N7O. The zero-order valence-corrected chi connectivity index (χ0v) is 12.4. The molecule has 0 spiro atoms. The molecule has 116 valence electrons. The molecule has 1 aromatic heterocycles. The van der Waals surface area contributed by atoms with Gasteiger partial charge in [-0.2, -0.15) is 10.5 Å². The molecule has 3 rings (SSSR count). The summed E-state index contributed by atoms with van der Waals surface area (Å²) in [6, 6.07) is 9.22. The molecule has 0 aliphatic carbocycles. The van der Waals surface area contributed by atoms with Crippen LogP contribution in [-0.2, 0) is 0 Å². The smallest absolute Gasteiger partial charge is 0.255 e. The first-order chi connectivity index (χ1) is 11.3. The number of anilines is 1. The Bertz CT molecular complexity index is 754. The van der Waals surface area contributed by atoms with E-state index in [-0.39, 0.29) is 17.3 Å². The van der Waals surface area contributed by atoms with Crippen LogP contribution in [0.15, 0.2) is 30.5 Å². The second kappa shape index (κ2) is 6.70. The summed E-state index contributed by atoms with van der Waals surface area (Å²) in [5, 5.41) is 25.4. The van der Waals surface area contributed by atoms with Crippen LogP contribution in [0.3, 0.4) is 0 Å². The number of carbonyl (C=O) groups is 1. The summed E-state index contributed by atoms with van der Waals surface area (Å²) in [6.45, 7) is 1.57. The summed E-state index contributed by atoms with van der Waals surface area (Å²) < 4.78 is 0. The highest BCUT2D eigenvalue weighted by atomic mass is 16.2. The molecule has 2 heterocycles. The third-order valence-electron chi connectivity index (χ3n) is 3.63. The van der Waals surface area contributed by atoms with Gasteiger partial charge in [0.1, 0.15) is 11.6 Å². The first kappa shape index (κ1) is 14.7. The van der Waals surface area contributed by atoms with E-state index < -0.39 is 0 Å². The quantitative estimate of drug-likeness (QED) is 0.826. The molecule has 1 aromatic carbocycles. The van der Waals surface area contributed by atoms with E-state index in [0.717, 1.165) is 25.9 Å². The lowest BCUT2D eigenvalue weighted by Crippen LogP contribution is -2.28. The Kier molecular flexibility index (Phi) is 4.29. The first-order valence-electron chi connectivity index (χ1n) is 7.28. The van der Waals surface area contributed by atoms with Gasteiger partial charge in [0.15, 0.2) is 0 Å². The van der Waals surface area contributed by atoms with Crippen molar-refractivity contribution >= 4 is 17.2 Å². The number of hydrogen-bond donors (Lipinski definition) is 2. The topological polar surface area (TPSA) is 111 Å². The number of nitrogens with zero attached hydrogens (tertiary/aromatic N) is 5. The van der Waals surface area contributed by atoms with Gasteiger partial charge in [0.25, 0.3) is 5.91 Å². The molecule has 8 nitrogen and oxygen atoms in total. The van der Waals surface area contributed by atoms with Gasteiger partial charge in [-0.1, -0.05) is 12.1 Å². The molecule has 1 fully saturated rings. The van der Waals surface area contributed by atoms with Crippen molar-refractivity contribution in [3.63, 3.8) is 0 Å². The molecule has 1 saturated heterocycles. The van der Waals surface area contributed by atoms with Crippen molar-refractivity contribution in [3.8, 4) is 6.07 Å². The number of tetrazole rings is 1. The minimum atomic E-state index is -0.00271. The standard InChI is InChI=1S/C15H15N7O/c16-9-11(14-18-20-21-19-14)10-17-13-6-2-1-5-12(13)15(23)22-7-3-4-8-22/h1-2,5-6,10,17H,3-4,7-8H2,(H,18,19,20,21). The maximum atomic E-state index is 12.6. The minimum absolute atomic E-state index is 0.00271. The highest BCUT2D eigenvalue weighted by Gasteiger charge is 2.21. The third-order valence-corrected chi connectivity index (χ3v) is 3.63. The van der Waals surface area contributed by atoms with Gasteiger partial charge in [0.05, 0.1) is 11.3 Å². The second-order valence-corrected chi connectivity index (χ2v) is 5.09. The lowest BCUT2D eigenvalue weighted by molar-refractivity contribution is 0.0794. The van der Waals surface area contributed by atoms with E-state index in [1.54, 1.807) is 12.1 Å². The van der Waals surface area contributed by atoms with Crippen LogP contribution in [0.5, 0.6) is 0 Å². The zero-order valence-electron chi connectivity index (χ0n) is 12.4. The van der Waals surface area contributed by atoms with Crippen LogP contribution in [-0.4, -0.2) is 44.5 Å². The van der Waals surface area contributed by atoms with E-state index in [9.17, 15) is 10.1 Å². The van der Waals surface area contributed by atoms with Gasteiger partial charge in [-0.15, -0.1) is 10.2 Å². The molecule has 0 saturated carbocycles. The van der Waals surface area contributed by atoms with E-state index in [4.69, 9.17) is 0 Å². The summed E-state index contributed by atoms with van der Waals surface area (Å²) >= 11 is 0. The predicted octanol–water partition coefficient (Wildman–Crippen LogP) is 1.41. The number of likely N-dealkylation sites (tertiary alicyclic amines) is 1. The summed E-state index contributed by atoms with van der Waals surface area (Å²) in [5.74, 6) is 0.195. The van der Waals surface area contributed by atoms with E-state index in [0.29, 0.717) is 11.3 Å². The van der Waals surface area contributed by atoms with Crippen molar-refractivity contribution in [1.29, 1.82) is 5.26 Å². The number of benzene rings is 1. The van der Waals surface area contributed by atoms with Crippen LogP contribution in [0.2, 0.25) is 0 Å². The van der Waals surface area contributed by atoms with Gasteiger partial charge in [-0.25, -0.2) is 0 Å². The van der Waals surface area contributed by atoms with Crippen LogP contribution < -0.4 is 5.32 Å². The Balaban J connectivity index is 1.83. The average molecular weight is 309 g/mol. The highest BCUT2D eigenvalue weighted by molar-refractivity contribution is 6.00. The fraction of sp³-hybridized carbons (Fsp3) is 0.267. The monoisotopic (exact) mass is 309 g/mol. The van der Waals surface area contributed by atoms with Crippen LogP contribution in [0.1, 0.15) is 29.0 Å². The summed E-state index contributed by atoms with van der Waals surface area (Å²) in [7, 11) is 0. The Morgan fingerprint density at radius 3 is 2.83 bits per heavy atom. The van der Waals surface area contributed by atoms with Crippen molar-refractivity contribution in [2.75, 3.05) is 18.4 Å². The van der Waals surface area contributed by atoms with Gasteiger partial charge in [0, 0.05) is 19.3 Å². The molecule has 2 N–H and O–H groups in total. The molecule has 23 heavy (non-hydrogen) atoms. The van der Waals surface area contributed by atoms with E-state index in [1.165, 1.54) is 6.20 Å². The molecule has 0 unspecified atom stereocenters. The van der Waals surface area contributed by atoms with Gasteiger partial charge in [-0.05, 0) is 30.2 Å². The molecule has 0 radical (unpaired) electrons. The number of aromatic nitrogens is 4. The maximum Gasteiger partial charge on any atom is 0.255 e. The van der Waals surface area contributed by atoms with Crippen LogP contribution in [0.25, 0.3) is 5.57 Å². The number of nitrogens with one attached hydrogen (secondary N) is 2. The molecule has 0 bridgehead atoms. The van der Waals surface area contributed by atoms with Crippen molar-refractivity contribution in [2.45, 2.75) is 12.8 Å². The van der Waals surface area contributed by atoms with E-state index >= 15 is 0 Å². The molecule has 8 heteroatoms. The molecule has 1 amide bonds. The molecule has 2 aromatic rings. The fourth-order valence-electron chi connectivity index (χ4n) is 2.46. The third kappa shape index (κ3) is 3.18. The zero-order chi connectivity index (χ0) is 16.1. The summed E-state index contributed by atoms with van der Waals surface area (Å²) in [4.78, 5) is 14.4. The van der Waals surface area contributed by atoms with E-state index in [2.05, 4.69) is 25.9 Å². The highest BCUT2D eigenvalue weighted by Crippen LogP contribution is 2.20. The van der Waals surface area contributed by atoms with Crippen molar-refractivity contribution < 1.29 is 4.79 Å². The Labute approximate surface area is 132 Å². The number of hydrogen-bond acceptors (Lipinski definition) is 6. The van der Waals surface area contributed by atoms with Crippen molar-refractivity contribution in [2.24, 2.45) is 0 Å². The Morgan fingerprint density at radius 2 is 2.13 bits per heavy atom. The fourth-order valence-corrected chi connectivity index (χ4v) is 2.46. The number of aromatic amines is 1. The van der Waals surface area contributed by atoms with Crippen molar-refractivity contribution in [3.05, 3.63) is 41.9 Å². The van der Waals surface area contributed by atoms with Gasteiger partial charge in [-0.3, -0.25) is 4.79 Å². The lowest BCUT2D eigenvalue weighted by atomic mass is 10.1. The molecule has 1 aliphatic heterocycles. The van der Waals surface area contributed by atoms with Crippen LogP contribution in [0.4, 0.5) is 5.69 Å². The lowest BCUT2D eigenvalue weighted by Gasteiger charge is -2.17. The van der Waals surface area contributed by atoms with Gasteiger partial charge >= 0.3 is 0 Å². The average Bonchev–Trinajstić information content (AvgIpc) is 3.29. The van der Waals surface area contributed by atoms with Gasteiger partial charge < -0.3 is 10.2 Å².